The van der Waals surface area contributed by atoms with Crippen LogP contribution in [0.3, 0.4) is 0 Å². The Kier molecular flexibility index (Phi) is 5.51. The summed E-state index contributed by atoms with van der Waals surface area (Å²) in [5, 5.41) is 0. The number of hydrogen-bond donors (Lipinski definition) is 0. The number of quaternary nitrogens is 1. The zero-order chi connectivity index (χ0) is 8.04. The Labute approximate surface area is 73.7 Å². The minimum Gasteiger partial charge on any atom is -0.126 e. The molecule has 0 atom stereocenters. The van der Waals surface area contributed by atoms with Gasteiger partial charge in [-0.15, -0.1) is 3.52 Å². The molecule has 1 nitrogen and oxygen atoms in total. The Morgan fingerprint density at radius 3 is 2.10 bits per heavy atom. The molecule has 0 aliphatic carbocycles. The molecule has 0 radical (unpaired) electrons. The van der Waals surface area contributed by atoms with E-state index < -0.39 is 0 Å². The molecule has 0 unspecified atom stereocenters. The Balaban J connectivity index is 3.04. The fraction of sp³-hybridized carbons (Fsp3) is 1.00. The highest BCUT2D eigenvalue weighted by Crippen LogP contribution is 2.14. The molecule has 0 fully saturated rings. The maximum Gasteiger partial charge on any atom is 0.186 e. The van der Waals surface area contributed by atoms with E-state index in [1.54, 1.807) is 7.05 Å². The maximum absolute atomic E-state index is 5.72. The third-order valence-electron chi connectivity index (χ3n) is 1.40. The Morgan fingerprint density at radius 1 is 1.10 bits per heavy atom. The summed E-state index contributed by atoms with van der Waals surface area (Å²) in [7, 11) is 1.79. The summed E-state index contributed by atoms with van der Waals surface area (Å²) < 4.78 is 0.0592. The van der Waals surface area contributed by atoms with Gasteiger partial charge in [0.2, 0.25) is 0 Å². The second kappa shape index (κ2) is 5.22. The summed E-state index contributed by atoms with van der Waals surface area (Å²) >= 11 is 11.4. The van der Waals surface area contributed by atoms with Gasteiger partial charge in [-0.25, -0.2) is 0 Å². The molecule has 0 bridgehead atoms. The van der Waals surface area contributed by atoms with Crippen molar-refractivity contribution in [3.8, 4) is 0 Å². The number of unbranched alkanes of at least 4 members (excludes halogenated alkanes) is 3. The summed E-state index contributed by atoms with van der Waals surface area (Å²) in [6.07, 6.45) is 4.91. The third-order valence-corrected chi connectivity index (χ3v) is 1.74. The number of nitrogens with zero attached hydrogens (tertiary/aromatic N) is 1. The van der Waals surface area contributed by atoms with Crippen molar-refractivity contribution >= 4 is 23.6 Å². The molecule has 0 aromatic carbocycles. The van der Waals surface area contributed by atoms with Crippen LogP contribution in [0.5, 0.6) is 0 Å². The molecule has 0 rings (SSSR count). The minimum absolute atomic E-state index is 0.0592. The molecule has 0 aliphatic heterocycles. The van der Waals surface area contributed by atoms with E-state index >= 15 is 0 Å². The average Bonchev–Trinajstić information content (AvgIpc) is 1.78. The lowest BCUT2D eigenvalue weighted by Gasteiger charge is -2.11. The van der Waals surface area contributed by atoms with E-state index in [1.165, 1.54) is 19.3 Å². The van der Waals surface area contributed by atoms with E-state index in [4.69, 9.17) is 23.6 Å². The van der Waals surface area contributed by atoms with E-state index in [0.29, 0.717) is 0 Å². The van der Waals surface area contributed by atoms with Gasteiger partial charge in [0, 0.05) is 0 Å². The van der Waals surface area contributed by atoms with Crippen LogP contribution in [0.15, 0.2) is 0 Å². The van der Waals surface area contributed by atoms with Crippen molar-refractivity contribution in [1.82, 2.24) is 0 Å². The van der Waals surface area contributed by atoms with Gasteiger partial charge in [-0.3, -0.25) is 0 Å². The van der Waals surface area contributed by atoms with Crippen molar-refractivity contribution in [2.75, 3.05) is 13.6 Å². The molecule has 0 aliphatic rings. The maximum atomic E-state index is 5.72. The average molecular weight is 185 g/mol. The Bertz CT molecular complexity index is 78.2. The Hall–Kier alpha value is 0.540. The fourth-order valence-corrected chi connectivity index (χ4v) is 1.06. The van der Waals surface area contributed by atoms with Crippen LogP contribution in [0.1, 0.15) is 32.6 Å². The molecule has 0 heterocycles. The third kappa shape index (κ3) is 8.54. The summed E-state index contributed by atoms with van der Waals surface area (Å²) in [6.45, 7) is 3.04. The van der Waals surface area contributed by atoms with Crippen LogP contribution < -0.4 is 0 Å². The van der Waals surface area contributed by atoms with E-state index in [-0.39, 0.29) is 3.52 Å². The first kappa shape index (κ1) is 10.5. The fourth-order valence-electron chi connectivity index (χ4n) is 0.816. The molecule has 0 N–H and O–H groups in total. The lowest BCUT2D eigenvalue weighted by atomic mass is 10.2. The number of rotatable bonds is 5. The van der Waals surface area contributed by atoms with Crippen molar-refractivity contribution in [2.24, 2.45) is 0 Å². The molecular formula is C7H16Cl2N+. The highest BCUT2D eigenvalue weighted by molar-refractivity contribution is 6.23. The summed E-state index contributed by atoms with van der Waals surface area (Å²) in [4.78, 5) is 0. The highest BCUT2D eigenvalue weighted by atomic mass is 35.5. The first-order valence-electron chi connectivity index (χ1n) is 3.81. The molecule has 0 saturated carbocycles. The Morgan fingerprint density at radius 2 is 1.70 bits per heavy atom. The molecule has 0 aromatic rings. The molecule has 0 amide bonds. The molecule has 0 aromatic heterocycles. The first-order valence-corrected chi connectivity index (χ1v) is 4.48. The second-order valence-electron chi connectivity index (χ2n) is 2.74. The van der Waals surface area contributed by atoms with Gasteiger partial charge in [0.25, 0.3) is 0 Å². The standard InChI is InChI=1S/C7H16Cl2N/c1-3-4-5-6-7-10(2,8)9/h3-7H2,1-2H3/q+1. The summed E-state index contributed by atoms with van der Waals surface area (Å²) in [5.74, 6) is 0. The van der Waals surface area contributed by atoms with Crippen LogP contribution in [0.4, 0.5) is 0 Å². The van der Waals surface area contributed by atoms with Crippen molar-refractivity contribution in [3.63, 3.8) is 0 Å². The normalized spacial score (nSPS) is 12.0. The molecule has 0 saturated heterocycles. The van der Waals surface area contributed by atoms with E-state index in [1.807, 2.05) is 0 Å². The predicted octanol–water partition coefficient (Wildman–Crippen LogP) is 3.32. The van der Waals surface area contributed by atoms with E-state index in [9.17, 15) is 0 Å². The number of halogens is 2. The molecule has 10 heavy (non-hydrogen) atoms. The van der Waals surface area contributed by atoms with Gasteiger partial charge in [-0.1, -0.05) is 19.8 Å². The second-order valence-corrected chi connectivity index (χ2v) is 4.41. The lowest BCUT2D eigenvalue weighted by molar-refractivity contribution is -0.665. The lowest BCUT2D eigenvalue weighted by Crippen LogP contribution is -2.21. The van der Waals surface area contributed by atoms with Gasteiger partial charge >= 0.3 is 0 Å². The summed E-state index contributed by atoms with van der Waals surface area (Å²) in [5.41, 5.74) is 0. The van der Waals surface area contributed by atoms with E-state index in [0.717, 1.165) is 13.0 Å². The van der Waals surface area contributed by atoms with Gasteiger partial charge in [0.1, 0.15) is 13.6 Å². The van der Waals surface area contributed by atoms with Crippen molar-refractivity contribution < 1.29 is 3.52 Å². The van der Waals surface area contributed by atoms with Crippen LogP contribution >= 0.6 is 23.6 Å². The molecule has 0 spiro atoms. The van der Waals surface area contributed by atoms with Crippen LogP contribution in [0.2, 0.25) is 0 Å². The van der Waals surface area contributed by atoms with Crippen LogP contribution in [0, 0.1) is 0 Å². The quantitative estimate of drug-likeness (QED) is 0.455. The highest BCUT2D eigenvalue weighted by Gasteiger charge is 2.14. The largest absolute Gasteiger partial charge is 0.186 e. The molecular weight excluding hydrogens is 169 g/mol. The van der Waals surface area contributed by atoms with E-state index in [2.05, 4.69) is 6.92 Å². The van der Waals surface area contributed by atoms with Crippen molar-refractivity contribution in [3.05, 3.63) is 0 Å². The first-order chi connectivity index (χ1) is 4.56. The smallest absolute Gasteiger partial charge is 0.126 e. The SMILES string of the molecule is CCCCCC[N+](C)(Cl)Cl. The van der Waals surface area contributed by atoms with Gasteiger partial charge in [0.15, 0.2) is 23.6 Å². The van der Waals surface area contributed by atoms with Crippen molar-refractivity contribution in [1.29, 1.82) is 0 Å². The zero-order valence-electron chi connectivity index (χ0n) is 6.74. The molecule has 3 heteroatoms. The van der Waals surface area contributed by atoms with Gasteiger partial charge in [0.05, 0.1) is 0 Å². The van der Waals surface area contributed by atoms with Crippen molar-refractivity contribution in [2.45, 2.75) is 32.6 Å². The number of hydrogen-bond acceptors (Lipinski definition) is 0. The summed E-state index contributed by atoms with van der Waals surface area (Å²) in [6, 6.07) is 0. The van der Waals surface area contributed by atoms with Gasteiger partial charge in [-0.2, -0.15) is 0 Å². The monoisotopic (exact) mass is 184 g/mol. The predicted molar refractivity (Wildman–Crippen MR) is 46.9 cm³/mol. The van der Waals surface area contributed by atoms with Crippen LogP contribution in [0.25, 0.3) is 0 Å². The topological polar surface area (TPSA) is 0 Å². The van der Waals surface area contributed by atoms with Crippen LogP contribution in [-0.2, 0) is 0 Å². The zero-order valence-corrected chi connectivity index (χ0v) is 8.25. The van der Waals surface area contributed by atoms with Crippen LogP contribution in [-0.4, -0.2) is 17.1 Å². The van der Waals surface area contributed by atoms with Gasteiger partial charge < -0.3 is 0 Å². The molecule has 62 valence electrons. The van der Waals surface area contributed by atoms with Gasteiger partial charge in [-0.05, 0) is 12.8 Å². The minimum atomic E-state index is 0.0592.